The summed E-state index contributed by atoms with van der Waals surface area (Å²) in [6.07, 6.45) is 0. The second-order valence-electron chi connectivity index (χ2n) is 3.53. The van der Waals surface area contributed by atoms with Crippen molar-refractivity contribution in [3.63, 3.8) is 0 Å². The van der Waals surface area contributed by atoms with Crippen LogP contribution in [0.25, 0.3) is 0 Å². The molecule has 1 atom stereocenters. The minimum absolute atomic E-state index is 0.143. The molecule has 1 unspecified atom stereocenters. The van der Waals surface area contributed by atoms with Gasteiger partial charge in [0, 0.05) is 9.90 Å². The van der Waals surface area contributed by atoms with Crippen molar-refractivity contribution in [1.29, 1.82) is 0 Å². The Morgan fingerprint density at radius 2 is 2.00 bits per heavy atom. The van der Waals surface area contributed by atoms with Gasteiger partial charge in [-0.15, -0.1) is 11.3 Å². The quantitative estimate of drug-likeness (QED) is 0.877. The third-order valence-electron chi connectivity index (χ3n) is 2.44. The molecule has 1 aromatic carbocycles. The lowest BCUT2D eigenvalue weighted by Crippen LogP contribution is -2.17. The first-order valence-electron chi connectivity index (χ1n) is 4.99. The molecule has 2 rings (SSSR count). The normalized spacial score (nSPS) is 12.7. The fourth-order valence-corrected chi connectivity index (χ4v) is 3.09. The molecule has 0 aliphatic rings. The Labute approximate surface area is 113 Å². The van der Waals surface area contributed by atoms with Crippen LogP contribution in [0.4, 0.5) is 4.39 Å². The molecule has 2 aromatic rings. The first-order valence-corrected chi connectivity index (χ1v) is 6.56. The van der Waals surface area contributed by atoms with E-state index < -0.39 is 0 Å². The van der Waals surface area contributed by atoms with E-state index in [9.17, 15) is 4.39 Å². The van der Waals surface area contributed by atoms with Crippen LogP contribution >= 0.6 is 34.5 Å². The van der Waals surface area contributed by atoms with E-state index >= 15 is 0 Å². The van der Waals surface area contributed by atoms with Crippen LogP contribution in [0, 0.1) is 5.82 Å². The summed E-state index contributed by atoms with van der Waals surface area (Å²) in [5.74, 6) is -0.299. The highest BCUT2D eigenvalue weighted by Crippen LogP contribution is 2.34. The van der Waals surface area contributed by atoms with Crippen LogP contribution in [-0.4, -0.2) is 7.05 Å². The van der Waals surface area contributed by atoms with Crippen LogP contribution < -0.4 is 5.32 Å². The smallest absolute Gasteiger partial charge is 0.123 e. The molecular formula is C12H10Cl2FNS. The maximum absolute atomic E-state index is 13.3. The van der Waals surface area contributed by atoms with E-state index in [0.717, 1.165) is 4.88 Å². The standard InChI is InChI=1S/C12H10Cl2FNS/c1-16-12(10-4-5-11(14)17-10)8-6-7(15)2-3-9(8)13/h2-6,12,16H,1H3. The molecule has 0 saturated heterocycles. The van der Waals surface area contributed by atoms with Crippen molar-refractivity contribution in [2.75, 3.05) is 7.05 Å². The molecule has 0 spiro atoms. The summed E-state index contributed by atoms with van der Waals surface area (Å²) in [6.45, 7) is 0. The van der Waals surface area contributed by atoms with Crippen molar-refractivity contribution < 1.29 is 4.39 Å². The summed E-state index contributed by atoms with van der Waals surface area (Å²) in [5, 5.41) is 3.65. The van der Waals surface area contributed by atoms with Crippen molar-refractivity contribution in [3.05, 3.63) is 55.9 Å². The Hall–Kier alpha value is -0.610. The number of halogens is 3. The summed E-state index contributed by atoms with van der Waals surface area (Å²) < 4.78 is 14.0. The van der Waals surface area contributed by atoms with E-state index in [1.54, 1.807) is 13.1 Å². The Morgan fingerprint density at radius 3 is 2.59 bits per heavy atom. The highest BCUT2D eigenvalue weighted by Gasteiger charge is 2.17. The number of benzene rings is 1. The predicted octanol–water partition coefficient (Wildman–Crippen LogP) is 4.50. The van der Waals surface area contributed by atoms with Gasteiger partial charge < -0.3 is 5.32 Å². The first-order chi connectivity index (χ1) is 8.11. The molecule has 0 aliphatic carbocycles. The summed E-state index contributed by atoms with van der Waals surface area (Å²) in [4.78, 5) is 1.00. The molecule has 1 nitrogen and oxygen atoms in total. The van der Waals surface area contributed by atoms with E-state index in [2.05, 4.69) is 5.32 Å². The summed E-state index contributed by atoms with van der Waals surface area (Å²) in [6, 6.07) is 7.94. The maximum atomic E-state index is 13.3. The maximum Gasteiger partial charge on any atom is 0.123 e. The van der Waals surface area contributed by atoms with Crippen LogP contribution in [0.15, 0.2) is 30.3 Å². The third kappa shape index (κ3) is 2.80. The molecule has 0 fully saturated rings. The average Bonchev–Trinajstić information content (AvgIpc) is 2.71. The van der Waals surface area contributed by atoms with Crippen LogP contribution in [0.3, 0.4) is 0 Å². The summed E-state index contributed by atoms with van der Waals surface area (Å²) in [5.41, 5.74) is 0.715. The second kappa shape index (κ2) is 5.36. The van der Waals surface area contributed by atoms with Crippen molar-refractivity contribution in [1.82, 2.24) is 5.32 Å². The monoisotopic (exact) mass is 289 g/mol. The molecule has 0 saturated carbocycles. The van der Waals surface area contributed by atoms with E-state index in [4.69, 9.17) is 23.2 Å². The Balaban J connectivity index is 2.45. The van der Waals surface area contributed by atoms with E-state index in [1.165, 1.54) is 23.5 Å². The topological polar surface area (TPSA) is 12.0 Å². The third-order valence-corrected chi connectivity index (χ3v) is 4.08. The first kappa shape index (κ1) is 12.8. The molecule has 90 valence electrons. The number of nitrogens with one attached hydrogen (secondary N) is 1. The largest absolute Gasteiger partial charge is 0.309 e. The molecule has 0 amide bonds. The van der Waals surface area contributed by atoms with E-state index in [0.29, 0.717) is 14.9 Å². The number of hydrogen-bond donors (Lipinski definition) is 1. The van der Waals surface area contributed by atoms with Gasteiger partial charge in [0.05, 0.1) is 10.4 Å². The van der Waals surface area contributed by atoms with Crippen molar-refractivity contribution in [2.45, 2.75) is 6.04 Å². The zero-order valence-electron chi connectivity index (χ0n) is 9.01. The van der Waals surface area contributed by atoms with Gasteiger partial charge >= 0.3 is 0 Å². The Morgan fingerprint density at radius 1 is 1.24 bits per heavy atom. The summed E-state index contributed by atoms with van der Waals surface area (Å²) in [7, 11) is 1.81. The lowest BCUT2D eigenvalue weighted by Gasteiger charge is -2.16. The highest BCUT2D eigenvalue weighted by molar-refractivity contribution is 7.16. The van der Waals surface area contributed by atoms with Crippen molar-refractivity contribution in [3.8, 4) is 0 Å². The fourth-order valence-electron chi connectivity index (χ4n) is 1.67. The highest BCUT2D eigenvalue weighted by atomic mass is 35.5. The molecule has 0 bridgehead atoms. The molecule has 1 heterocycles. The van der Waals surface area contributed by atoms with Crippen LogP contribution in [0.5, 0.6) is 0 Å². The molecule has 0 aliphatic heterocycles. The number of thiophene rings is 1. The number of hydrogen-bond acceptors (Lipinski definition) is 2. The fraction of sp³-hybridized carbons (Fsp3) is 0.167. The van der Waals surface area contributed by atoms with Crippen molar-refractivity contribution >= 4 is 34.5 Å². The van der Waals surface area contributed by atoms with Gasteiger partial charge in [0.15, 0.2) is 0 Å². The van der Waals surface area contributed by atoms with Gasteiger partial charge in [-0.3, -0.25) is 0 Å². The van der Waals surface area contributed by atoms with Gasteiger partial charge in [-0.05, 0) is 42.9 Å². The van der Waals surface area contributed by atoms with Crippen molar-refractivity contribution in [2.24, 2.45) is 0 Å². The zero-order valence-corrected chi connectivity index (χ0v) is 11.3. The minimum atomic E-state index is -0.299. The zero-order chi connectivity index (χ0) is 12.4. The Bertz CT molecular complexity index is 527. The molecule has 17 heavy (non-hydrogen) atoms. The van der Waals surface area contributed by atoms with Gasteiger partial charge in [0.25, 0.3) is 0 Å². The lowest BCUT2D eigenvalue weighted by molar-refractivity contribution is 0.618. The lowest BCUT2D eigenvalue weighted by atomic mass is 10.1. The van der Waals surface area contributed by atoms with Crippen LogP contribution in [0.1, 0.15) is 16.5 Å². The SMILES string of the molecule is CNC(c1ccc(Cl)s1)c1cc(F)ccc1Cl. The van der Waals surface area contributed by atoms with Gasteiger partial charge in [-0.25, -0.2) is 4.39 Å². The van der Waals surface area contributed by atoms with Gasteiger partial charge in [0.2, 0.25) is 0 Å². The van der Waals surface area contributed by atoms with Gasteiger partial charge in [-0.2, -0.15) is 0 Å². The molecular weight excluding hydrogens is 280 g/mol. The predicted molar refractivity (Wildman–Crippen MR) is 71.6 cm³/mol. The van der Waals surface area contributed by atoms with Gasteiger partial charge in [-0.1, -0.05) is 23.2 Å². The van der Waals surface area contributed by atoms with E-state index in [-0.39, 0.29) is 11.9 Å². The number of rotatable bonds is 3. The van der Waals surface area contributed by atoms with Gasteiger partial charge in [0.1, 0.15) is 5.82 Å². The molecule has 0 radical (unpaired) electrons. The molecule has 1 aromatic heterocycles. The molecule has 5 heteroatoms. The average molecular weight is 290 g/mol. The van der Waals surface area contributed by atoms with Crippen LogP contribution in [0.2, 0.25) is 9.36 Å². The molecule has 1 N–H and O–H groups in total. The minimum Gasteiger partial charge on any atom is -0.309 e. The summed E-state index contributed by atoms with van der Waals surface area (Å²) >= 11 is 13.4. The second-order valence-corrected chi connectivity index (χ2v) is 5.68. The Kier molecular flexibility index (Phi) is 4.05. The van der Waals surface area contributed by atoms with E-state index in [1.807, 2.05) is 12.1 Å². The van der Waals surface area contributed by atoms with Crippen LogP contribution in [-0.2, 0) is 0 Å².